The fourth-order valence-corrected chi connectivity index (χ4v) is 3.26. The highest BCUT2D eigenvalue weighted by Gasteiger charge is 2.18. The van der Waals surface area contributed by atoms with Crippen molar-refractivity contribution >= 4 is 39.3 Å². The van der Waals surface area contributed by atoms with Gasteiger partial charge in [-0.1, -0.05) is 28.1 Å². The summed E-state index contributed by atoms with van der Waals surface area (Å²) in [5.74, 6) is 0.662. The average Bonchev–Trinajstić information content (AvgIpc) is 2.68. The molecule has 142 valence electrons. The van der Waals surface area contributed by atoms with E-state index < -0.39 is 0 Å². The topological polar surface area (TPSA) is 44.8 Å². The normalized spacial score (nSPS) is 15.1. The summed E-state index contributed by atoms with van der Waals surface area (Å²) < 4.78 is 6.53. The quantitative estimate of drug-likeness (QED) is 0.732. The summed E-state index contributed by atoms with van der Waals surface area (Å²) in [5.41, 5.74) is 2.75. The molecule has 0 unspecified atom stereocenters. The lowest BCUT2D eigenvalue weighted by Gasteiger charge is -2.34. The lowest BCUT2D eigenvalue weighted by atomic mass is 10.2. The maximum atomic E-state index is 12.3. The molecule has 1 aliphatic rings. The van der Waals surface area contributed by atoms with E-state index in [1.54, 1.807) is 19.3 Å². The second-order valence-electron chi connectivity index (χ2n) is 6.55. The number of nitrogens with one attached hydrogen (secondary N) is 1. The molecule has 0 aliphatic carbocycles. The number of hydrogen-bond acceptors (Lipinski definition) is 4. The molecule has 1 amide bonds. The lowest BCUT2D eigenvalue weighted by Crippen LogP contribution is -2.44. The van der Waals surface area contributed by atoms with Crippen molar-refractivity contribution in [2.24, 2.45) is 0 Å². The molecule has 27 heavy (non-hydrogen) atoms. The van der Waals surface area contributed by atoms with E-state index in [1.807, 2.05) is 42.5 Å². The zero-order valence-corrected chi connectivity index (χ0v) is 17.2. The third-order valence-corrected chi connectivity index (χ3v) is 5.12. The van der Waals surface area contributed by atoms with Crippen molar-refractivity contribution in [3.8, 4) is 5.75 Å². The highest BCUT2D eigenvalue weighted by molar-refractivity contribution is 9.10. The van der Waals surface area contributed by atoms with E-state index in [-0.39, 0.29) is 5.91 Å². The number of hydrogen-bond donors (Lipinski definition) is 1. The number of carbonyl (C=O) groups excluding carboxylic acids is 1. The smallest absolute Gasteiger partial charge is 0.248 e. The molecular weight excluding hydrogens is 406 g/mol. The van der Waals surface area contributed by atoms with Gasteiger partial charge in [0, 0.05) is 42.4 Å². The van der Waals surface area contributed by atoms with Gasteiger partial charge in [-0.15, -0.1) is 0 Å². The first-order valence-corrected chi connectivity index (χ1v) is 9.70. The minimum Gasteiger partial charge on any atom is -0.495 e. The van der Waals surface area contributed by atoms with Crippen LogP contribution in [0.1, 0.15) is 5.56 Å². The van der Waals surface area contributed by atoms with E-state index in [0.29, 0.717) is 0 Å². The van der Waals surface area contributed by atoms with Crippen molar-refractivity contribution in [2.45, 2.75) is 0 Å². The van der Waals surface area contributed by atoms with Gasteiger partial charge in [-0.05, 0) is 49.0 Å². The van der Waals surface area contributed by atoms with Crippen LogP contribution in [0.25, 0.3) is 6.08 Å². The van der Waals surface area contributed by atoms with Gasteiger partial charge in [-0.2, -0.15) is 0 Å². The van der Waals surface area contributed by atoms with Gasteiger partial charge in [0.05, 0.1) is 12.8 Å². The molecular formula is C21H24BrN3O2. The number of ether oxygens (including phenoxy) is 1. The van der Waals surface area contributed by atoms with Crippen LogP contribution in [-0.4, -0.2) is 51.1 Å². The van der Waals surface area contributed by atoms with Gasteiger partial charge in [0.1, 0.15) is 5.75 Å². The van der Waals surface area contributed by atoms with Crippen LogP contribution in [0.4, 0.5) is 11.4 Å². The summed E-state index contributed by atoms with van der Waals surface area (Å²) in [5, 5.41) is 2.94. The highest BCUT2D eigenvalue weighted by Crippen LogP contribution is 2.32. The first-order chi connectivity index (χ1) is 13.0. The standard InChI is InChI=1S/C21H24BrN3O2/c1-24-11-13-25(14-12-24)19-15-18(8-9-20(19)27-2)23-21(26)10-5-16-3-6-17(22)7-4-16/h3-10,15H,11-14H2,1-2H3,(H,23,26). The van der Waals surface area contributed by atoms with Crippen molar-refractivity contribution in [3.63, 3.8) is 0 Å². The number of halogens is 1. The number of piperazine rings is 1. The number of amides is 1. The molecule has 0 atom stereocenters. The number of methoxy groups -OCH3 is 1. The van der Waals surface area contributed by atoms with E-state index in [4.69, 9.17) is 4.74 Å². The molecule has 2 aromatic carbocycles. The number of rotatable bonds is 5. The Labute approximate surface area is 168 Å². The molecule has 1 fully saturated rings. The van der Waals surface area contributed by atoms with Crippen molar-refractivity contribution in [2.75, 3.05) is 50.6 Å². The predicted molar refractivity (Wildman–Crippen MR) is 115 cm³/mol. The molecule has 0 bridgehead atoms. The molecule has 0 spiro atoms. The van der Waals surface area contributed by atoms with E-state index in [2.05, 4.69) is 38.1 Å². The highest BCUT2D eigenvalue weighted by atomic mass is 79.9. The van der Waals surface area contributed by atoms with Gasteiger partial charge in [-0.25, -0.2) is 0 Å². The fraction of sp³-hybridized carbons (Fsp3) is 0.286. The number of nitrogens with zero attached hydrogens (tertiary/aromatic N) is 2. The Bertz CT molecular complexity index is 813. The first-order valence-electron chi connectivity index (χ1n) is 8.91. The van der Waals surface area contributed by atoms with Crippen molar-refractivity contribution in [1.29, 1.82) is 0 Å². The summed E-state index contributed by atoms with van der Waals surface area (Å²) >= 11 is 3.40. The molecule has 0 saturated carbocycles. The minimum atomic E-state index is -0.160. The van der Waals surface area contributed by atoms with Crippen LogP contribution >= 0.6 is 15.9 Å². The lowest BCUT2D eigenvalue weighted by molar-refractivity contribution is -0.111. The molecule has 2 aromatic rings. The largest absolute Gasteiger partial charge is 0.495 e. The molecule has 0 radical (unpaired) electrons. The van der Waals surface area contributed by atoms with E-state index >= 15 is 0 Å². The molecule has 1 N–H and O–H groups in total. The average molecular weight is 430 g/mol. The van der Waals surface area contributed by atoms with Crippen molar-refractivity contribution in [1.82, 2.24) is 4.90 Å². The summed E-state index contributed by atoms with van der Waals surface area (Å²) in [6, 6.07) is 13.5. The Balaban J connectivity index is 1.70. The molecule has 1 aliphatic heterocycles. The third-order valence-electron chi connectivity index (χ3n) is 4.59. The Morgan fingerprint density at radius 2 is 1.81 bits per heavy atom. The Kier molecular flexibility index (Phi) is 6.53. The molecule has 1 saturated heterocycles. The summed E-state index contributed by atoms with van der Waals surface area (Å²) in [6.45, 7) is 3.90. The van der Waals surface area contributed by atoms with E-state index in [9.17, 15) is 4.79 Å². The summed E-state index contributed by atoms with van der Waals surface area (Å²) in [4.78, 5) is 16.9. The van der Waals surface area contributed by atoms with E-state index in [1.165, 1.54) is 0 Å². The van der Waals surface area contributed by atoms with Gasteiger partial charge in [-0.3, -0.25) is 4.79 Å². The second-order valence-corrected chi connectivity index (χ2v) is 7.47. The van der Waals surface area contributed by atoms with Gasteiger partial charge >= 0.3 is 0 Å². The molecule has 3 rings (SSSR count). The monoisotopic (exact) mass is 429 g/mol. The Hall–Kier alpha value is -2.31. The first kappa shape index (κ1) is 19.5. The summed E-state index contributed by atoms with van der Waals surface area (Å²) in [6.07, 6.45) is 3.34. The van der Waals surface area contributed by atoms with Gasteiger partial charge < -0.3 is 19.9 Å². The van der Waals surface area contributed by atoms with Gasteiger partial charge in [0.25, 0.3) is 0 Å². The molecule has 5 nitrogen and oxygen atoms in total. The number of benzene rings is 2. The van der Waals surface area contributed by atoms with Crippen LogP contribution in [0.2, 0.25) is 0 Å². The Morgan fingerprint density at radius 3 is 2.48 bits per heavy atom. The van der Waals surface area contributed by atoms with Crippen LogP contribution < -0.4 is 15.0 Å². The van der Waals surface area contributed by atoms with Crippen LogP contribution in [0, 0.1) is 0 Å². The van der Waals surface area contributed by atoms with Crippen LogP contribution in [-0.2, 0) is 4.79 Å². The molecule has 1 heterocycles. The zero-order valence-electron chi connectivity index (χ0n) is 15.6. The molecule has 0 aromatic heterocycles. The fourth-order valence-electron chi connectivity index (χ4n) is 2.99. The predicted octanol–water partition coefficient (Wildman–Crippen LogP) is 3.86. The maximum absolute atomic E-state index is 12.3. The SMILES string of the molecule is COc1ccc(NC(=O)C=Cc2ccc(Br)cc2)cc1N1CCN(C)CC1. The van der Waals surface area contributed by atoms with Crippen LogP contribution in [0.15, 0.2) is 53.0 Å². The maximum Gasteiger partial charge on any atom is 0.248 e. The van der Waals surface area contributed by atoms with Gasteiger partial charge in [0.2, 0.25) is 5.91 Å². The number of likely N-dealkylation sites (N-methyl/N-ethyl adjacent to an activating group) is 1. The minimum absolute atomic E-state index is 0.160. The molecule has 6 heteroatoms. The number of carbonyl (C=O) groups is 1. The zero-order chi connectivity index (χ0) is 19.2. The van der Waals surface area contributed by atoms with Crippen LogP contribution in [0.3, 0.4) is 0 Å². The van der Waals surface area contributed by atoms with E-state index in [0.717, 1.165) is 53.3 Å². The van der Waals surface area contributed by atoms with Crippen LogP contribution in [0.5, 0.6) is 5.75 Å². The van der Waals surface area contributed by atoms with Crippen molar-refractivity contribution in [3.05, 3.63) is 58.6 Å². The number of anilines is 2. The van der Waals surface area contributed by atoms with Crippen molar-refractivity contribution < 1.29 is 9.53 Å². The third kappa shape index (κ3) is 5.34. The second kappa shape index (κ2) is 9.06. The summed E-state index contributed by atoms with van der Waals surface area (Å²) in [7, 11) is 3.80. The van der Waals surface area contributed by atoms with Gasteiger partial charge in [0.15, 0.2) is 0 Å². The Morgan fingerprint density at radius 1 is 1.11 bits per heavy atom.